The SMILES string of the molecule is CCc1cc(C(=O)N2C[C@H](O)C[C@H]2C(=O)O)n(CC)n1. The summed E-state index contributed by atoms with van der Waals surface area (Å²) in [6, 6.07) is 0.720. The molecule has 0 bridgehead atoms. The summed E-state index contributed by atoms with van der Waals surface area (Å²) in [5.41, 5.74) is 1.17. The van der Waals surface area contributed by atoms with Crippen molar-refractivity contribution in [3.63, 3.8) is 0 Å². The van der Waals surface area contributed by atoms with Crippen LogP contribution < -0.4 is 0 Å². The van der Waals surface area contributed by atoms with Crippen LogP contribution in [0.15, 0.2) is 6.07 Å². The van der Waals surface area contributed by atoms with Crippen LogP contribution in [0.3, 0.4) is 0 Å². The summed E-state index contributed by atoms with van der Waals surface area (Å²) in [5.74, 6) is -1.48. The Hall–Kier alpha value is -1.89. The van der Waals surface area contributed by atoms with Crippen molar-refractivity contribution in [1.82, 2.24) is 14.7 Å². The van der Waals surface area contributed by atoms with Crippen LogP contribution in [0.25, 0.3) is 0 Å². The van der Waals surface area contributed by atoms with Crippen LogP contribution in [0.4, 0.5) is 0 Å². The van der Waals surface area contributed by atoms with E-state index in [-0.39, 0.29) is 18.9 Å². The third-order valence-corrected chi connectivity index (χ3v) is 3.54. The summed E-state index contributed by atoms with van der Waals surface area (Å²) >= 11 is 0. The molecule has 0 unspecified atom stereocenters. The van der Waals surface area contributed by atoms with E-state index in [1.54, 1.807) is 10.7 Å². The fraction of sp³-hybridized carbons (Fsp3) is 0.615. The summed E-state index contributed by atoms with van der Waals surface area (Å²) in [7, 11) is 0. The van der Waals surface area contributed by atoms with E-state index in [0.717, 1.165) is 5.69 Å². The number of carbonyl (C=O) groups is 2. The van der Waals surface area contributed by atoms with E-state index >= 15 is 0 Å². The number of hydrogen-bond acceptors (Lipinski definition) is 4. The van der Waals surface area contributed by atoms with Gasteiger partial charge in [-0.1, -0.05) is 6.92 Å². The Kier molecular flexibility index (Phi) is 4.08. The quantitative estimate of drug-likeness (QED) is 0.817. The number of carboxylic acid groups (broad SMARTS) is 1. The normalized spacial score (nSPS) is 22.2. The summed E-state index contributed by atoms with van der Waals surface area (Å²) in [6.45, 7) is 4.40. The van der Waals surface area contributed by atoms with Crippen molar-refractivity contribution < 1.29 is 19.8 Å². The molecule has 2 rings (SSSR count). The van der Waals surface area contributed by atoms with E-state index in [0.29, 0.717) is 18.7 Å². The molecule has 2 atom stereocenters. The Morgan fingerprint density at radius 3 is 2.70 bits per heavy atom. The molecule has 0 radical (unpaired) electrons. The number of β-amino-alcohol motifs (C(OH)–C–C–N with tert-alkyl or cyclic N) is 1. The lowest BCUT2D eigenvalue weighted by Crippen LogP contribution is -2.41. The van der Waals surface area contributed by atoms with E-state index in [2.05, 4.69) is 5.10 Å². The molecule has 110 valence electrons. The first-order valence-corrected chi connectivity index (χ1v) is 6.76. The second kappa shape index (κ2) is 5.62. The monoisotopic (exact) mass is 281 g/mol. The van der Waals surface area contributed by atoms with Crippen LogP contribution in [0.2, 0.25) is 0 Å². The highest BCUT2D eigenvalue weighted by Crippen LogP contribution is 2.21. The molecule has 0 saturated carbocycles. The van der Waals surface area contributed by atoms with Crippen molar-refractivity contribution in [3.05, 3.63) is 17.5 Å². The third-order valence-electron chi connectivity index (χ3n) is 3.54. The topological polar surface area (TPSA) is 95.7 Å². The molecule has 1 aliphatic rings. The van der Waals surface area contributed by atoms with Gasteiger partial charge in [-0.25, -0.2) is 4.79 Å². The fourth-order valence-electron chi connectivity index (χ4n) is 2.48. The van der Waals surface area contributed by atoms with Crippen molar-refractivity contribution in [3.8, 4) is 0 Å². The summed E-state index contributed by atoms with van der Waals surface area (Å²) in [5, 5.41) is 23.0. The Bertz CT molecular complexity index is 526. The van der Waals surface area contributed by atoms with Crippen LogP contribution in [0.5, 0.6) is 0 Å². The number of aryl methyl sites for hydroxylation is 2. The molecule has 1 aromatic heterocycles. The number of aliphatic hydroxyl groups is 1. The number of aliphatic carboxylic acids is 1. The van der Waals surface area contributed by atoms with Gasteiger partial charge in [-0.2, -0.15) is 5.10 Å². The fourth-order valence-corrected chi connectivity index (χ4v) is 2.48. The third kappa shape index (κ3) is 2.53. The molecule has 2 heterocycles. The number of aliphatic hydroxyl groups excluding tert-OH is 1. The van der Waals surface area contributed by atoms with Crippen LogP contribution in [0.1, 0.15) is 36.5 Å². The smallest absolute Gasteiger partial charge is 0.326 e. The van der Waals surface area contributed by atoms with Gasteiger partial charge in [-0.3, -0.25) is 9.48 Å². The number of amides is 1. The van der Waals surface area contributed by atoms with Crippen molar-refractivity contribution in [1.29, 1.82) is 0 Å². The lowest BCUT2D eigenvalue weighted by atomic mass is 10.2. The van der Waals surface area contributed by atoms with Gasteiger partial charge in [-0.15, -0.1) is 0 Å². The van der Waals surface area contributed by atoms with Crippen LogP contribution in [-0.4, -0.2) is 55.5 Å². The average Bonchev–Trinajstić information content (AvgIpc) is 3.00. The van der Waals surface area contributed by atoms with E-state index in [1.165, 1.54) is 4.90 Å². The molecule has 0 spiro atoms. The van der Waals surface area contributed by atoms with Gasteiger partial charge in [0.25, 0.3) is 5.91 Å². The van der Waals surface area contributed by atoms with Gasteiger partial charge >= 0.3 is 5.97 Å². The average molecular weight is 281 g/mol. The molecule has 0 aromatic carbocycles. The highest BCUT2D eigenvalue weighted by atomic mass is 16.4. The minimum atomic E-state index is -1.09. The zero-order valence-corrected chi connectivity index (χ0v) is 11.6. The molecular weight excluding hydrogens is 262 g/mol. The van der Waals surface area contributed by atoms with Crippen molar-refractivity contribution in [2.24, 2.45) is 0 Å². The lowest BCUT2D eigenvalue weighted by Gasteiger charge is -2.21. The van der Waals surface area contributed by atoms with Crippen LogP contribution in [-0.2, 0) is 17.8 Å². The number of rotatable bonds is 4. The van der Waals surface area contributed by atoms with E-state index in [4.69, 9.17) is 5.11 Å². The van der Waals surface area contributed by atoms with Gasteiger partial charge in [0, 0.05) is 19.5 Å². The Morgan fingerprint density at radius 2 is 2.15 bits per heavy atom. The van der Waals surface area contributed by atoms with Crippen molar-refractivity contribution in [2.45, 2.75) is 45.4 Å². The number of carbonyl (C=O) groups excluding carboxylic acids is 1. The van der Waals surface area contributed by atoms with Gasteiger partial charge in [0.2, 0.25) is 0 Å². The Labute approximate surface area is 116 Å². The predicted molar refractivity (Wildman–Crippen MR) is 70.4 cm³/mol. The first-order valence-electron chi connectivity index (χ1n) is 6.76. The first kappa shape index (κ1) is 14.5. The second-order valence-corrected chi connectivity index (χ2v) is 4.89. The zero-order chi connectivity index (χ0) is 14.9. The van der Waals surface area contributed by atoms with Gasteiger partial charge < -0.3 is 15.1 Å². The minimum Gasteiger partial charge on any atom is -0.480 e. The zero-order valence-electron chi connectivity index (χ0n) is 11.6. The van der Waals surface area contributed by atoms with E-state index < -0.39 is 18.1 Å². The summed E-state index contributed by atoms with van der Waals surface area (Å²) < 4.78 is 1.57. The van der Waals surface area contributed by atoms with Crippen LogP contribution in [0, 0.1) is 0 Å². The van der Waals surface area contributed by atoms with Gasteiger partial charge in [0.1, 0.15) is 11.7 Å². The molecule has 0 aliphatic carbocycles. The highest BCUT2D eigenvalue weighted by Gasteiger charge is 2.40. The van der Waals surface area contributed by atoms with Crippen molar-refractivity contribution >= 4 is 11.9 Å². The molecule has 20 heavy (non-hydrogen) atoms. The van der Waals surface area contributed by atoms with Crippen molar-refractivity contribution in [2.75, 3.05) is 6.54 Å². The number of aromatic nitrogens is 2. The molecule has 1 fully saturated rings. The lowest BCUT2D eigenvalue weighted by molar-refractivity contribution is -0.141. The second-order valence-electron chi connectivity index (χ2n) is 4.89. The molecule has 1 aromatic rings. The molecule has 1 saturated heterocycles. The van der Waals surface area contributed by atoms with Gasteiger partial charge in [0.05, 0.1) is 11.8 Å². The Balaban J connectivity index is 2.30. The number of nitrogens with zero attached hydrogens (tertiary/aromatic N) is 3. The number of carboxylic acids is 1. The first-order chi connectivity index (χ1) is 9.47. The molecule has 2 N–H and O–H groups in total. The summed E-state index contributed by atoms with van der Waals surface area (Å²) in [4.78, 5) is 24.9. The maximum Gasteiger partial charge on any atom is 0.326 e. The maximum absolute atomic E-state index is 12.5. The molecule has 1 aliphatic heterocycles. The molecular formula is C13H19N3O4. The Morgan fingerprint density at radius 1 is 1.45 bits per heavy atom. The van der Waals surface area contributed by atoms with Gasteiger partial charge in [-0.05, 0) is 19.4 Å². The minimum absolute atomic E-state index is 0.0478. The molecule has 7 heteroatoms. The number of hydrogen-bond donors (Lipinski definition) is 2. The largest absolute Gasteiger partial charge is 0.480 e. The van der Waals surface area contributed by atoms with E-state index in [1.807, 2.05) is 13.8 Å². The summed E-state index contributed by atoms with van der Waals surface area (Å²) in [6.07, 6.45) is -0.0102. The highest BCUT2D eigenvalue weighted by molar-refractivity contribution is 5.95. The number of likely N-dealkylation sites (tertiary alicyclic amines) is 1. The van der Waals surface area contributed by atoms with Crippen LogP contribution >= 0.6 is 0 Å². The predicted octanol–water partition coefficient (Wildman–Crippen LogP) is 0.125. The van der Waals surface area contributed by atoms with Gasteiger partial charge in [0.15, 0.2) is 0 Å². The molecule has 1 amide bonds. The van der Waals surface area contributed by atoms with E-state index in [9.17, 15) is 14.7 Å². The molecule has 7 nitrogen and oxygen atoms in total. The maximum atomic E-state index is 12.5. The standard InChI is InChI=1S/C13H19N3O4/c1-3-8-5-10(16(4-2)14-8)12(18)15-7-9(17)6-11(15)13(19)20/h5,9,11,17H,3-4,6-7H2,1-2H3,(H,19,20)/t9-,11+/m1/s1.